The highest BCUT2D eigenvalue weighted by Gasteiger charge is 2.27. The Hall–Kier alpha value is -2.98. The number of carbonyl (C=O) groups excluding carboxylic acids is 1. The number of ether oxygens (including phenoxy) is 1. The summed E-state index contributed by atoms with van der Waals surface area (Å²) >= 11 is 0. The van der Waals surface area contributed by atoms with E-state index in [0.29, 0.717) is 5.56 Å². The molecule has 0 fully saturated rings. The molecule has 29 heavy (non-hydrogen) atoms. The standard InChI is InChI=1S/C19H23N3O6S/c1-5-21(6-2)29(26,27)18-11-14(8-10-17(18)28-4)19(23)20-16-12-15(22(24)25)9-7-13(16)3/h7-12H,5-6H2,1-4H3,(H,20,23). The molecule has 0 saturated heterocycles. The maximum absolute atomic E-state index is 12.9. The van der Waals surface area contributed by atoms with Crippen LogP contribution >= 0.6 is 0 Å². The van der Waals surface area contributed by atoms with Crippen molar-refractivity contribution in [1.82, 2.24) is 4.31 Å². The Morgan fingerprint density at radius 1 is 1.17 bits per heavy atom. The minimum absolute atomic E-state index is 0.0856. The fourth-order valence-electron chi connectivity index (χ4n) is 2.77. The first-order chi connectivity index (χ1) is 13.6. The van der Waals surface area contributed by atoms with Gasteiger partial charge in [0.25, 0.3) is 11.6 Å². The molecule has 0 atom stereocenters. The maximum atomic E-state index is 12.9. The van der Waals surface area contributed by atoms with Crippen molar-refractivity contribution in [2.24, 2.45) is 0 Å². The highest BCUT2D eigenvalue weighted by Crippen LogP contribution is 2.29. The third-order valence-corrected chi connectivity index (χ3v) is 6.50. The number of carbonyl (C=O) groups is 1. The molecule has 2 aromatic carbocycles. The van der Waals surface area contributed by atoms with Crippen LogP contribution in [0.2, 0.25) is 0 Å². The van der Waals surface area contributed by atoms with Crippen LogP contribution in [0.5, 0.6) is 5.75 Å². The second-order valence-electron chi connectivity index (χ2n) is 6.17. The molecule has 0 aromatic heterocycles. The third kappa shape index (κ3) is 4.72. The van der Waals surface area contributed by atoms with Crippen LogP contribution in [-0.4, -0.2) is 43.8 Å². The lowest BCUT2D eigenvalue weighted by Gasteiger charge is -2.20. The predicted molar refractivity (Wildman–Crippen MR) is 109 cm³/mol. The van der Waals surface area contributed by atoms with Crippen molar-refractivity contribution in [3.05, 3.63) is 57.6 Å². The Labute approximate surface area is 169 Å². The number of nitrogens with one attached hydrogen (secondary N) is 1. The summed E-state index contributed by atoms with van der Waals surface area (Å²) in [5.74, 6) is -0.466. The minimum Gasteiger partial charge on any atom is -0.495 e. The summed E-state index contributed by atoms with van der Waals surface area (Å²) in [6.45, 7) is 5.67. The van der Waals surface area contributed by atoms with Gasteiger partial charge in [-0.15, -0.1) is 0 Å². The van der Waals surface area contributed by atoms with Crippen LogP contribution in [0.1, 0.15) is 29.8 Å². The van der Waals surface area contributed by atoms with E-state index in [9.17, 15) is 23.3 Å². The summed E-state index contributed by atoms with van der Waals surface area (Å²) < 4.78 is 32.3. The molecule has 0 aliphatic carbocycles. The number of methoxy groups -OCH3 is 1. The van der Waals surface area contributed by atoms with Gasteiger partial charge in [-0.25, -0.2) is 8.42 Å². The number of amides is 1. The lowest BCUT2D eigenvalue weighted by atomic mass is 10.1. The van der Waals surface area contributed by atoms with Crippen LogP contribution in [0.15, 0.2) is 41.3 Å². The first-order valence-electron chi connectivity index (χ1n) is 8.90. The minimum atomic E-state index is -3.86. The van der Waals surface area contributed by atoms with Gasteiger partial charge in [-0.2, -0.15) is 4.31 Å². The zero-order valence-electron chi connectivity index (χ0n) is 16.6. The third-order valence-electron chi connectivity index (χ3n) is 4.43. The van der Waals surface area contributed by atoms with Crippen molar-refractivity contribution in [1.29, 1.82) is 0 Å². The van der Waals surface area contributed by atoms with Gasteiger partial charge in [-0.3, -0.25) is 14.9 Å². The first-order valence-corrected chi connectivity index (χ1v) is 10.3. The number of hydrogen-bond acceptors (Lipinski definition) is 6. The number of nitrogens with zero attached hydrogens (tertiary/aromatic N) is 2. The number of anilines is 1. The summed E-state index contributed by atoms with van der Waals surface area (Å²) in [5.41, 5.74) is 0.828. The van der Waals surface area contributed by atoms with E-state index in [1.165, 1.54) is 47.8 Å². The second-order valence-corrected chi connectivity index (χ2v) is 8.07. The van der Waals surface area contributed by atoms with Crippen molar-refractivity contribution in [2.75, 3.05) is 25.5 Å². The molecule has 2 rings (SSSR count). The van der Waals surface area contributed by atoms with Gasteiger partial charge in [0.05, 0.1) is 17.7 Å². The molecule has 0 radical (unpaired) electrons. The number of non-ortho nitro benzene ring substituents is 1. The average molecular weight is 421 g/mol. The molecule has 9 nitrogen and oxygen atoms in total. The topological polar surface area (TPSA) is 119 Å². The lowest BCUT2D eigenvalue weighted by molar-refractivity contribution is -0.384. The zero-order chi connectivity index (χ0) is 21.8. The number of hydrogen-bond donors (Lipinski definition) is 1. The smallest absolute Gasteiger partial charge is 0.271 e. The molecule has 0 heterocycles. The molecule has 0 aliphatic rings. The van der Waals surface area contributed by atoms with E-state index in [1.807, 2.05) is 0 Å². The van der Waals surface area contributed by atoms with E-state index in [-0.39, 0.29) is 40.7 Å². The van der Waals surface area contributed by atoms with Gasteiger partial charge in [0.2, 0.25) is 10.0 Å². The molecule has 1 amide bonds. The van der Waals surface area contributed by atoms with Crippen LogP contribution in [0.3, 0.4) is 0 Å². The van der Waals surface area contributed by atoms with Crippen LogP contribution in [-0.2, 0) is 10.0 Å². The zero-order valence-corrected chi connectivity index (χ0v) is 17.4. The van der Waals surface area contributed by atoms with Crippen LogP contribution in [0.25, 0.3) is 0 Å². The van der Waals surface area contributed by atoms with Gasteiger partial charge >= 0.3 is 0 Å². The number of benzene rings is 2. The molecule has 156 valence electrons. The van der Waals surface area contributed by atoms with Crippen molar-refractivity contribution in [2.45, 2.75) is 25.7 Å². The quantitative estimate of drug-likeness (QED) is 0.516. The van der Waals surface area contributed by atoms with Crippen molar-refractivity contribution in [3.63, 3.8) is 0 Å². The van der Waals surface area contributed by atoms with E-state index in [2.05, 4.69) is 5.32 Å². The van der Waals surface area contributed by atoms with Crippen LogP contribution in [0, 0.1) is 17.0 Å². The highest BCUT2D eigenvalue weighted by atomic mass is 32.2. The monoisotopic (exact) mass is 421 g/mol. The summed E-state index contributed by atoms with van der Waals surface area (Å²) in [5, 5.41) is 13.6. The van der Waals surface area contributed by atoms with Gasteiger partial charge in [-0.05, 0) is 30.7 Å². The molecular weight excluding hydrogens is 398 g/mol. The molecule has 0 bridgehead atoms. The SMILES string of the molecule is CCN(CC)S(=O)(=O)c1cc(C(=O)Nc2cc([N+](=O)[O-])ccc2C)ccc1OC. The Bertz CT molecular complexity index is 1030. The van der Waals surface area contributed by atoms with Gasteiger partial charge in [0, 0.05) is 30.8 Å². The fourth-order valence-corrected chi connectivity index (χ4v) is 4.41. The number of rotatable bonds is 8. The largest absolute Gasteiger partial charge is 0.495 e. The maximum Gasteiger partial charge on any atom is 0.271 e. The summed E-state index contributed by atoms with van der Waals surface area (Å²) in [7, 11) is -2.51. The van der Waals surface area contributed by atoms with Gasteiger partial charge in [-0.1, -0.05) is 19.9 Å². The number of nitro groups is 1. The summed E-state index contributed by atoms with van der Waals surface area (Å²) in [6.07, 6.45) is 0. The molecule has 0 spiro atoms. The molecular formula is C19H23N3O6S. The summed E-state index contributed by atoms with van der Waals surface area (Å²) in [6, 6.07) is 8.21. The Kier molecular flexibility index (Phi) is 6.93. The van der Waals surface area contributed by atoms with Gasteiger partial charge in [0.15, 0.2) is 0 Å². The van der Waals surface area contributed by atoms with Gasteiger partial charge < -0.3 is 10.1 Å². The molecule has 0 aliphatic heterocycles. The van der Waals surface area contributed by atoms with Crippen molar-refractivity contribution in [3.8, 4) is 5.75 Å². The van der Waals surface area contributed by atoms with Crippen molar-refractivity contribution < 1.29 is 22.9 Å². The highest BCUT2D eigenvalue weighted by molar-refractivity contribution is 7.89. The van der Waals surface area contributed by atoms with E-state index in [1.54, 1.807) is 20.8 Å². The number of nitro benzene ring substituents is 1. The molecule has 2 aromatic rings. The average Bonchev–Trinajstić information content (AvgIpc) is 2.69. The molecule has 1 N–H and O–H groups in total. The van der Waals surface area contributed by atoms with Crippen LogP contribution < -0.4 is 10.1 Å². The van der Waals surface area contributed by atoms with Gasteiger partial charge in [0.1, 0.15) is 10.6 Å². The Balaban J connectivity index is 2.45. The Morgan fingerprint density at radius 2 is 1.83 bits per heavy atom. The normalized spacial score (nSPS) is 11.3. The van der Waals surface area contributed by atoms with E-state index in [4.69, 9.17) is 4.74 Å². The lowest BCUT2D eigenvalue weighted by Crippen LogP contribution is -2.31. The molecule has 0 unspecified atom stereocenters. The molecule has 0 saturated carbocycles. The predicted octanol–water partition coefficient (Wildman–Crippen LogP) is 3.19. The second kappa shape index (κ2) is 9.01. The fraction of sp³-hybridized carbons (Fsp3) is 0.316. The Morgan fingerprint density at radius 3 is 2.38 bits per heavy atom. The van der Waals surface area contributed by atoms with E-state index < -0.39 is 20.9 Å². The first kappa shape index (κ1) is 22.3. The van der Waals surface area contributed by atoms with Crippen molar-refractivity contribution >= 4 is 27.3 Å². The number of aryl methyl sites for hydroxylation is 1. The number of sulfonamides is 1. The van der Waals surface area contributed by atoms with Crippen LogP contribution in [0.4, 0.5) is 11.4 Å². The molecule has 10 heteroatoms. The van der Waals surface area contributed by atoms with E-state index in [0.717, 1.165) is 0 Å². The summed E-state index contributed by atoms with van der Waals surface area (Å²) in [4.78, 5) is 23.0. The van der Waals surface area contributed by atoms with E-state index >= 15 is 0 Å².